The predicted molar refractivity (Wildman–Crippen MR) is 104 cm³/mol. The number of hydrogen-bond acceptors (Lipinski definition) is 4. The van der Waals surface area contributed by atoms with Gasteiger partial charge in [-0.1, -0.05) is 18.2 Å². The van der Waals surface area contributed by atoms with Crippen molar-refractivity contribution in [3.8, 4) is 0 Å². The Labute approximate surface area is 158 Å². The lowest BCUT2D eigenvalue weighted by molar-refractivity contribution is -0.114. The van der Waals surface area contributed by atoms with Crippen LogP contribution in [0.25, 0.3) is 0 Å². The summed E-state index contributed by atoms with van der Waals surface area (Å²) in [6.45, 7) is 2.82. The van der Waals surface area contributed by atoms with Crippen LogP contribution in [0.3, 0.4) is 0 Å². The molecular formula is C20H24N4O3. The zero-order valence-electron chi connectivity index (χ0n) is 15.2. The van der Waals surface area contributed by atoms with E-state index in [2.05, 4.69) is 16.0 Å². The van der Waals surface area contributed by atoms with Crippen molar-refractivity contribution in [2.45, 2.75) is 19.9 Å². The second-order valence-electron chi connectivity index (χ2n) is 6.04. The lowest BCUT2D eigenvalue weighted by atomic mass is 10.1. The standard InChI is InChI=1S/C20H24N4O3/c1-14(25)24-18-5-2-4-17(12-18)20(27)23-13-15-6-8-16(9-7-15)19(26)22-11-3-10-21/h2,4-9,12H,3,10-11,13,21H2,1H3,(H,22,26)(H,23,27)(H,24,25). The van der Waals surface area contributed by atoms with Gasteiger partial charge in [0.25, 0.3) is 11.8 Å². The van der Waals surface area contributed by atoms with E-state index in [1.807, 2.05) is 0 Å². The van der Waals surface area contributed by atoms with E-state index in [1.54, 1.807) is 48.5 Å². The molecule has 142 valence electrons. The van der Waals surface area contributed by atoms with E-state index in [9.17, 15) is 14.4 Å². The molecule has 2 aromatic carbocycles. The molecule has 7 nitrogen and oxygen atoms in total. The number of nitrogens with one attached hydrogen (secondary N) is 3. The number of anilines is 1. The molecule has 0 saturated carbocycles. The topological polar surface area (TPSA) is 113 Å². The molecule has 0 radical (unpaired) electrons. The minimum absolute atomic E-state index is 0.145. The Morgan fingerprint density at radius 2 is 1.63 bits per heavy atom. The van der Waals surface area contributed by atoms with Gasteiger partial charge < -0.3 is 21.7 Å². The summed E-state index contributed by atoms with van der Waals surface area (Å²) in [4.78, 5) is 35.3. The van der Waals surface area contributed by atoms with E-state index < -0.39 is 0 Å². The Kier molecular flexibility index (Phi) is 7.51. The van der Waals surface area contributed by atoms with Crippen molar-refractivity contribution >= 4 is 23.4 Å². The number of hydrogen-bond donors (Lipinski definition) is 4. The first-order valence-electron chi connectivity index (χ1n) is 8.72. The van der Waals surface area contributed by atoms with Crippen LogP contribution < -0.4 is 21.7 Å². The monoisotopic (exact) mass is 368 g/mol. The van der Waals surface area contributed by atoms with E-state index in [1.165, 1.54) is 6.92 Å². The molecule has 7 heteroatoms. The molecule has 0 bridgehead atoms. The number of nitrogens with two attached hydrogens (primary N) is 1. The first kappa shape index (κ1) is 20.1. The Hall–Kier alpha value is -3.19. The molecule has 0 spiro atoms. The minimum Gasteiger partial charge on any atom is -0.352 e. The van der Waals surface area contributed by atoms with Crippen molar-refractivity contribution in [1.29, 1.82) is 0 Å². The van der Waals surface area contributed by atoms with Gasteiger partial charge in [-0.3, -0.25) is 14.4 Å². The molecule has 0 unspecified atom stereocenters. The van der Waals surface area contributed by atoms with Gasteiger partial charge in [-0.25, -0.2) is 0 Å². The average Bonchev–Trinajstić information content (AvgIpc) is 2.66. The van der Waals surface area contributed by atoms with E-state index in [-0.39, 0.29) is 17.7 Å². The van der Waals surface area contributed by atoms with Gasteiger partial charge in [-0.15, -0.1) is 0 Å². The summed E-state index contributed by atoms with van der Waals surface area (Å²) >= 11 is 0. The first-order valence-corrected chi connectivity index (χ1v) is 8.72. The molecule has 27 heavy (non-hydrogen) atoms. The van der Waals surface area contributed by atoms with Crippen molar-refractivity contribution in [3.63, 3.8) is 0 Å². The predicted octanol–water partition coefficient (Wildman–Crippen LogP) is 1.65. The molecule has 0 aromatic heterocycles. The lowest BCUT2D eigenvalue weighted by Gasteiger charge is -2.08. The minimum atomic E-state index is -0.245. The smallest absolute Gasteiger partial charge is 0.251 e. The SMILES string of the molecule is CC(=O)Nc1cccc(C(=O)NCc2ccc(C(=O)NCCCN)cc2)c1. The third-order valence-electron chi connectivity index (χ3n) is 3.78. The fourth-order valence-electron chi connectivity index (χ4n) is 2.41. The fraction of sp³-hybridized carbons (Fsp3) is 0.250. The lowest BCUT2D eigenvalue weighted by Crippen LogP contribution is -2.26. The highest BCUT2D eigenvalue weighted by atomic mass is 16.2. The van der Waals surface area contributed by atoms with Crippen LogP contribution in [0, 0.1) is 0 Å². The van der Waals surface area contributed by atoms with Gasteiger partial charge in [0.05, 0.1) is 0 Å². The molecule has 0 aliphatic rings. The third-order valence-corrected chi connectivity index (χ3v) is 3.78. The van der Waals surface area contributed by atoms with Crippen LogP contribution in [0.4, 0.5) is 5.69 Å². The normalized spacial score (nSPS) is 10.1. The second-order valence-corrected chi connectivity index (χ2v) is 6.04. The summed E-state index contributed by atoms with van der Waals surface area (Å²) in [5.41, 5.74) is 7.86. The van der Waals surface area contributed by atoms with Gasteiger partial charge in [-0.05, 0) is 48.9 Å². The molecule has 0 aliphatic heterocycles. The van der Waals surface area contributed by atoms with Crippen LogP contribution in [0.2, 0.25) is 0 Å². The summed E-state index contributed by atoms with van der Waals surface area (Å²) in [5.74, 6) is -0.584. The molecule has 3 amide bonds. The van der Waals surface area contributed by atoms with Crippen LogP contribution in [0.1, 0.15) is 39.6 Å². The second kappa shape index (κ2) is 10.1. The average molecular weight is 368 g/mol. The Balaban J connectivity index is 1.90. The maximum Gasteiger partial charge on any atom is 0.251 e. The number of benzene rings is 2. The van der Waals surface area contributed by atoms with E-state index in [0.717, 1.165) is 12.0 Å². The maximum atomic E-state index is 12.3. The number of rotatable bonds is 8. The highest BCUT2D eigenvalue weighted by Gasteiger charge is 2.08. The van der Waals surface area contributed by atoms with E-state index in [0.29, 0.717) is 36.4 Å². The van der Waals surface area contributed by atoms with E-state index in [4.69, 9.17) is 5.73 Å². The van der Waals surface area contributed by atoms with Crippen LogP contribution in [-0.2, 0) is 11.3 Å². The molecule has 0 aliphatic carbocycles. The summed E-state index contributed by atoms with van der Waals surface area (Å²) in [5, 5.41) is 8.26. The molecule has 0 fully saturated rings. The van der Waals surface area contributed by atoms with Gasteiger partial charge in [-0.2, -0.15) is 0 Å². The molecule has 0 saturated heterocycles. The summed E-state index contributed by atoms with van der Waals surface area (Å²) in [6, 6.07) is 13.7. The van der Waals surface area contributed by atoms with Crippen molar-refractivity contribution in [2.24, 2.45) is 5.73 Å². The molecule has 5 N–H and O–H groups in total. The molecule has 2 aromatic rings. The van der Waals surface area contributed by atoms with Crippen LogP contribution in [-0.4, -0.2) is 30.8 Å². The van der Waals surface area contributed by atoms with Gasteiger partial charge in [0, 0.05) is 36.8 Å². The summed E-state index contributed by atoms with van der Waals surface area (Å²) < 4.78 is 0. The van der Waals surface area contributed by atoms with Gasteiger partial charge in [0.1, 0.15) is 0 Å². The summed E-state index contributed by atoms with van der Waals surface area (Å²) in [6.07, 6.45) is 0.735. The van der Waals surface area contributed by atoms with Crippen molar-refractivity contribution < 1.29 is 14.4 Å². The number of amides is 3. The van der Waals surface area contributed by atoms with Gasteiger partial charge >= 0.3 is 0 Å². The van der Waals surface area contributed by atoms with E-state index >= 15 is 0 Å². The largest absolute Gasteiger partial charge is 0.352 e. The molecule has 2 rings (SSSR count). The third kappa shape index (κ3) is 6.56. The number of carbonyl (C=O) groups excluding carboxylic acids is 3. The first-order chi connectivity index (χ1) is 13.0. The van der Waals surface area contributed by atoms with Crippen LogP contribution in [0.5, 0.6) is 0 Å². The number of carbonyl (C=O) groups is 3. The molecule has 0 atom stereocenters. The van der Waals surface area contributed by atoms with Gasteiger partial charge in [0.2, 0.25) is 5.91 Å². The zero-order chi connectivity index (χ0) is 19.6. The highest BCUT2D eigenvalue weighted by molar-refractivity contribution is 5.97. The maximum absolute atomic E-state index is 12.3. The Morgan fingerprint density at radius 1 is 0.926 bits per heavy atom. The zero-order valence-corrected chi connectivity index (χ0v) is 15.2. The Morgan fingerprint density at radius 3 is 2.30 bits per heavy atom. The summed E-state index contributed by atoms with van der Waals surface area (Å²) in [7, 11) is 0. The molecule has 0 heterocycles. The highest BCUT2D eigenvalue weighted by Crippen LogP contribution is 2.11. The van der Waals surface area contributed by atoms with Crippen molar-refractivity contribution in [1.82, 2.24) is 10.6 Å². The van der Waals surface area contributed by atoms with Crippen LogP contribution in [0.15, 0.2) is 48.5 Å². The fourth-order valence-corrected chi connectivity index (χ4v) is 2.41. The molecular weight excluding hydrogens is 344 g/mol. The Bertz CT molecular complexity index is 803. The quantitative estimate of drug-likeness (QED) is 0.531. The van der Waals surface area contributed by atoms with Gasteiger partial charge in [0.15, 0.2) is 0 Å². The van der Waals surface area contributed by atoms with Crippen molar-refractivity contribution in [3.05, 3.63) is 65.2 Å². The van der Waals surface area contributed by atoms with Crippen molar-refractivity contribution in [2.75, 3.05) is 18.4 Å². The van der Waals surface area contributed by atoms with Crippen LogP contribution >= 0.6 is 0 Å².